The third-order valence-electron chi connectivity index (χ3n) is 4.11. The van der Waals surface area contributed by atoms with Crippen LogP contribution in [0.2, 0.25) is 0 Å². The maximum atomic E-state index is 5.71. The maximum absolute atomic E-state index is 5.71. The lowest BCUT2D eigenvalue weighted by Gasteiger charge is -2.23. The van der Waals surface area contributed by atoms with Crippen molar-refractivity contribution < 1.29 is 4.74 Å². The first-order valence-electron chi connectivity index (χ1n) is 7.74. The van der Waals surface area contributed by atoms with Gasteiger partial charge in [-0.1, -0.05) is 13.8 Å². The van der Waals surface area contributed by atoms with Crippen LogP contribution in [-0.4, -0.2) is 42.7 Å². The number of rotatable bonds is 9. The molecule has 0 saturated heterocycles. The molecule has 0 saturated carbocycles. The lowest BCUT2D eigenvalue weighted by Crippen LogP contribution is -2.40. The van der Waals surface area contributed by atoms with Crippen LogP contribution in [0, 0.1) is 13.8 Å². The maximum Gasteiger partial charge on any atom is 0.128 e. The summed E-state index contributed by atoms with van der Waals surface area (Å²) in [5.41, 5.74) is 6.16. The molecule has 120 valence electrons. The first-order valence-corrected chi connectivity index (χ1v) is 7.74. The fourth-order valence-corrected chi connectivity index (χ4v) is 2.63. The number of hydrogen-bond donors (Lipinski definition) is 2. The molecular weight excluding hydrogens is 264 g/mol. The van der Waals surface area contributed by atoms with Gasteiger partial charge in [0.2, 0.25) is 0 Å². The highest BCUT2D eigenvalue weighted by molar-refractivity contribution is 5.41. The highest BCUT2D eigenvalue weighted by Gasteiger charge is 2.15. The van der Waals surface area contributed by atoms with Crippen molar-refractivity contribution in [2.75, 3.05) is 26.7 Å². The van der Waals surface area contributed by atoms with Gasteiger partial charge < -0.3 is 9.64 Å². The minimum atomic E-state index is 0.226. The number of nitrogens with one attached hydrogen (secondary N) is 1. The molecule has 0 fully saturated rings. The summed E-state index contributed by atoms with van der Waals surface area (Å²) < 4.78 is 5.46. The molecule has 21 heavy (non-hydrogen) atoms. The van der Waals surface area contributed by atoms with Gasteiger partial charge in [0.05, 0.1) is 7.11 Å². The monoisotopic (exact) mass is 294 g/mol. The Morgan fingerprint density at radius 2 is 2.00 bits per heavy atom. The Bertz CT molecular complexity index is 433. The van der Waals surface area contributed by atoms with Gasteiger partial charge in [-0.15, -0.1) is 0 Å². The molecule has 0 spiro atoms. The van der Waals surface area contributed by atoms with Crippen LogP contribution in [0.3, 0.4) is 0 Å². The number of aryl methyl sites for hydroxylation is 1. The molecule has 0 aliphatic rings. The lowest BCUT2D eigenvalue weighted by atomic mass is 10.0. The second-order valence-corrected chi connectivity index (χ2v) is 5.43. The van der Waals surface area contributed by atoms with E-state index >= 15 is 0 Å². The van der Waals surface area contributed by atoms with E-state index in [2.05, 4.69) is 36.1 Å². The normalized spacial score (nSPS) is 12.7. The topological polar surface area (TPSA) is 63.4 Å². The molecule has 0 amide bonds. The van der Waals surface area contributed by atoms with Crippen LogP contribution < -0.4 is 16.0 Å². The molecule has 1 aromatic heterocycles. The average molecular weight is 294 g/mol. The number of methoxy groups -OCH3 is 1. The molecule has 0 aliphatic carbocycles. The van der Waals surface area contributed by atoms with Crippen LogP contribution in [0.4, 0.5) is 0 Å². The van der Waals surface area contributed by atoms with Gasteiger partial charge in [0, 0.05) is 35.5 Å². The summed E-state index contributed by atoms with van der Waals surface area (Å²) in [4.78, 5) is 6.96. The Hall–Kier alpha value is -1.17. The van der Waals surface area contributed by atoms with E-state index in [1.54, 1.807) is 7.11 Å². The van der Waals surface area contributed by atoms with E-state index in [1.807, 2.05) is 13.1 Å². The smallest absolute Gasteiger partial charge is 0.128 e. The SMILES string of the molecule is CCN(CC)CCC(Cc1ncc(C)c(OC)c1C)NN. The molecule has 0 radical (unpaired) electrons. The van der Waals surface area contributed by atoms with Crippen LogP contribution in [0.15, 0.2) is 6.20 Å². The molecule has 0 aromatic carbocycles. The van der Waals surface area contributed by atoms with Gasteiger partial charge >= 0.3 is 0 Å². The summed E-state index contributed by atoms with van der Waals surface area (Å²) in [7, 11) is 1.71. The number of hydrazine groups is 1. The van der Waals surface area contributed by atoms with Crippen LogP contribution in [0.5, 0.6) is 5.75 Å². The Kier molecular flexibility index (Phi) is 7.64. The predicted octanol–water partition coefficient (Wildman–Crippen LogP) is 1.81. The van der Waals surface area contributed by atoms with Crippen LogP contribution in [-0.2, 0) is 6.42 Å². The lowest BCUT2D eigenvalue weighted by molar-refractivity contribution is 0.280. The Labute approximate surface area is 128 Å². The first-order chi connectivity index (χ1) is 10.1. The number of ether oxygens (including phenoxy) is 1. The zero-order chi connectivity index (χ0) is 15.8. The molecule has 1 atom stereocenters. The van der Waals surface area contributed by atoms with Crippen LogP contribution >= 0.6 is 0 Å². The van der Waals surface area contributed by atoms with Crippen molar-refractivity contribution >= 4 is 0 Å². The molecular formula is C16H30N4O. The van der Waals surface area contributed by atoms with Crippen molar-refractivity contribution in [1.29, 1.82) is 0 Å². The van der Waals surface area contributed by atoms with Crippen molar-refractivity contribution in [1.82, 2.24) is 15.3 Å². The number of aromatic nitrogens is 1. The van der Waals surface area contributed by atoms with Crippen molar-refractivity contribution in [3.05, 3.63) is 23.0 Å². The molecule has 0 aliphatic heterocycles. The van der Waals surface area contributed by atoms with E-state index < -0.39 is 0 Å². The van der Waals surface area contributed by atoms with E-state index in [-0.39, 0.29) is 6.04 Å². The molecule has 5 nitrogen and oxygen atoms in total. The van der Waals surface area contributed by atoms with Crippen molar-refractivity contribution in [2.24, 2.45) is 5.84 Å². The standard InChI is InChI=1S/C16H30N4O/c1-6-20(7-2)9-8-14(19-17)10-15-13(4)16(21-5)12(3)11-18-15/h11,14,19H,6-10,17H2,1-5H3. The summed E-state index contributed by atoms with van der Waals surface area (Å²) in [5, 5.41) is 0. The van der Waals surface area contributed by atoms with Crippen LogP contribution in [0.25, 0.3) is 0 Å². The molecule has 0 bridgehead atoms. The number of nitrogens with zero attached hydrogens (tertiary/aromatic N) is 2. The van der Waals surface area contributed by atoms with Crippen molar-refractivity contribution in [2.45, 2.75) is 46.6 Å². The third kappa shape index (κ3) is 4.95. The largest absolute Gasteiger partial charge is 0.496 e. The zero-order valence-electron chi connectivity index (χ0n) is 14.1. The van der Waals surface area contributed by atoms with Crippen molar-refractivity contribution in [3.63, 3.8) is 0 Å². The van der Waals surface area contributed by atoms with Gasteiger partial charge in [-0.3, -0.25) is 16.3 Å². The Morgan fingerprint density at radius 1 is 1.33 bits per heavy atom. The number of pyridine rings is 1. The second-order valence-electron chi connectivity index (χ2n) is 5.43. The number of nitrogens with two attached hydrogens (primary N) is 1. The minimum absolute atomic E-state index is 0.226. The quantitative estimate of drug-likeness (QED) is 0.537. The molecule has 1 unspecified atom stereocenters. The molecule has 3 N–H and O–H groups in total. The van der Waals surface area contributed by atoms with E-state index in [0.717, 1.165) is 55.0 Å². The fraction of sp³-hybridized carbons (Fsp3) is 0.688. The summed E-state index contributed by atoms with van der Waals surface area (Å²) in [6.45, 7) is 11.6. The summed E-state index contributed by atoms with van der Waals surface area (Å²) in [5.74, 6) is 6.64. The van der Waals surface area contributed by atoms with Gasteiger partial charge in [-0.2, -0.15) is 0 Å². The van der Waals surface area contributed by atoms with Gasteiger partial charge in [0.25, 0.3) is 0 Å². The van der Waals surface area contributed by atoms with E-state index in [9.17, 15) is 0 Å². The highest BCUT2D eigenvalue weighted by atomic mass is 16.5. The molecule has 1 aromatic rings. The highest BCUT2D eigenvalue weighted by Crippen LogP contribution is 2.24. The number of hydrogen-bond acceptors (Lipinski definition) is 5. The van der Waals surface area contributed by atoms with Crippen molar-refractivity contribution in [3.8, 4) is 5.75 Å². The second kappa shape index (κ2) is 8.97. The van der Waals surface area contributed by atoms with Gasteiger partial charge in [0.1, 0.15) is 5.75 Å². The molecule has 1 rings (SSSR count). The zero-order valence-corrected chi connectivity index (χ0v) is 14.1. The predicted molar refractivity (Wildman–Crippen MR) is 87.5 cm³/mol. The summed E-state index contributed by atoms with van der Waals surface area (Å²) >= 11 is 0. The molecule has 1 heterocycles. The van der Waals surface area contributed by atoms with E-state index in [0.29, 0.717) is 0 Å². The summed E-state index contributed by atoms with van der Waals surface area (Å²) in [6, 6.07) is 0.226. The minimum Gasteiger partial charge on any atom is -0.496 e. The fourth-order valence-electron chi connectivity index (χ4n) is 2.63. The average Bonchev–Trinajstić information content (AvgIpc) is 2.49. The van der Waals surface area contributed by atoms with Gasteiger partial charge in [0.15, 0.2) is 0 Å². The van der Waals surface area contributed by atoms with E-state index in [1.165, 1.54) is 0 Å². The third-order valence-corrected chi connectivity index (χ3v) is 4.11. The Morgan fingerprint density at radius 3 is 2.52 bits per heavy atom. The Balaban J connectivity index is 2.73. The molecule has 5 heteroatoms. The summed E-state index contributed by atoms with van der Waals surface area (Å²) in [6.07, 6.45) is 3.70. The van der Waals surface area contributed by atoms with E-state index in [4.69, 9.17) is 10.6 Å². The van der Waals surface area contributed by atoms with Gasteiger partial charge in [-0.05, 0) is 39.9 Å². The van der Waals surface area contributed by atoms with Crippen LogP contribution in [0.1, 0.15) is 37.1 Å². The first kappa shape index (κ1) is 17.9. The van der Waals surface area contributed by atoms with Gasteiger partial charge in [-0.25, -0.2) is 0 Å².